The minimum Gasteiger partial charge on any atom is -0.299 e. The first kappa shape index (κ1) is 17.8. The molecule has 5 nitrogen and oxygen atoms in total. The summed E-state index contributed by atoms with van der Waals surface area (Å²) in [6.45, 7) is 2.94. The minimum atomic E-state index is -3.62. The van der Waals surface area contributed by atoms with Gasteiger partial charge in [0, 0.05) is 20.1 Å². The standard InChI is InChI=1S/C18H20N2O3S2/c1-3-11-20-16-10-9-15(12-17(16)24-18(20)21)25(22,23)19(2)13-14-7-5-4-6-8-14/h4-10,12H,3,11,13H2,1-2H3. The summed E-state index contributed by atoms with van der Waals surface area (Å²) in [5.41, 5.74) is 1.72. The van der Waals surface area contributed by atoms with Crippen molar-refractivity contribution in [1.29, 1.82) is 0 Å². The predicted octanol–water partition coefficient (Wildman–Crippen LogP) is 3.29. The second-order valence-electron chi connectivity index (χ2n) is 5.90. The maximum Gasteiger partial charge on any atom is 0.308 e. The summed E-state index contributed by atoms with van der Waals surface area (Å²) in [4.78, 5) is 12.2. The molecular weight excluding hydrogens is 356 g/mol. The van der Waals surface area contributed by atoms with Gasteiger partial charge in [-0.2, -0.15) is 4.31 Å². The molecule has 0 radical (unpaired) electrons. The largest absolute Gasteiger partial charge is 0.308 e. The third kappa shape index (κ3) is 3.53. The van der Waals surface area contributed by atoms with Gasteiger partial charge in [-0.15, -0.1) is 0 Å². The van der Waals surface area contributed by atoms with Gasteiger partial charge in [0.1, 0.15) is 0 Å². The van der Waals surface area contributed by atoms with Crippen molar-refractivity contribution in [2.45, 2.75) is 31.3 Å². The van der Waals surface area contributed by atoms with Gasteiger partial charge in [-0.25, -0.2) is 8.42 Å². The average Bonchev–Trinajstić information content (AvgIpc) is 2.91. The smallest absolute Gasteiger partial charge is 0.299 e. The summed E-state index contributed by atoms with van der Waals surface area (Å²) >= 11 is 1.09. The Hall–Kier alpha value is -1.96. The van der Waals surface area contributed by atoms with Gasteiger partial charge in [0.05, 0.1) is 15.1 Å². The zero-order valence-electron chi connectivity index (χ0n) is 14.2. The lowest BCUT2D eigenvalue weighted by Gasteiger charge is -2.17. The van der Waals surface area contributed by atoms with Crippen molar-refractivity contribution >= 4 is 31.6 Å². The number of benzene rings is 2. The van der Waals surface area contributed by atoms with E-state index in [1.54, 1.807) is 29.8 Å². The molecule has 1 heterocycles. The molecule has 2 aromatic carbocycles. The van der Waals surface area contributed by atoms with E-state index in [9.17, 15) is 13.2 Å². The van der Waals surface area contributed by atoms with Crippen LogP contribution in [0.2, 0.25) is 0 Å². The van der Waals surface area contributed by atoms with Gasteiger partial charge in [-0.3, -0.25) is 9.36 Å². The first-order valence-corrected chi connectivity index (χ1v) is 10.3. The highest BCUT2D eigenvalue weighted by atomic mass is 32.2. The first-order valence-electron chi connectivity index (χ1n) is 8.07. The van der Waals surface area contributed by atoms with E-state index in [1.807, 2.05) is 37.3 Å². The SMILES string of the molecule is CCCn1c(=O)sc2cc(S(=O)(=O)N(C)Cc3ccccc3)ccc21. The third-order valence-corrected chi connectivity index (χ3v) is 6.78. The van der Waals surface area contributed by atoms with Crippen molar-refractivity contribution in [3.63, 3.8) is 0 Å². The molecule has 0 fully saturated rings. The Balaban J connectivity index is 1.95. The fourth-order valence-corrected chi connectivity index (χ4v) is 4.96. The van der Waals surface area contributed by atoms with Crippen molar-refractivity contribution in [2.24, 2.45) is 0 Å². The van der Waals surface area contributed by atoms with Crippen LogP contribution in [-0.4, -0.2) is 24.3 Å². The zero-order chi connectivity index (χ0) is 18.0. The number of nitrogens with zero attached hydrogens (tertiary/aromatic N) is 2. The second kappa shape index (κ2) is 7.11. The molecule has 0 amide bonds. The number of sulfonamides is 1. The van der Waals surface area contributed by atoms with Crippen LogP contribution in [0.15, 0.2) is 58.2 Å². The van der Waals surface area contributed by atoms with E-state index < -0.39 is 10.0 Å². The van der Waals surface area contributed by atoms with Crippen molar-refractivity contribution in [3.05, 3.63) is 63.8 Å². The molecule has 0 N–H and O–H groups in total. The van der Waals surface area contributed by atoms with E-state index in [0.29, 0.717) is 17.8 Å². The van der Waals surface area contributed by atoms with Crippen LogP contribution >= 0.6 is 11.3 Å². The Kier molecular flexibility index (Phi) is 5.08. The monoisotopic (exact) mass is 376 g/mol. The van der Waals surface area contributed by atoms with Gasteiger partial charge in [0.25, 0.3) is 0 Å². The summed E-state index contributed by atoms with van der Waals surface area (Å²) in [7, 11) is -2.05. The van der Waals surface area contributed by atoms with Gasteiger partial charge < -0.3 is 0 Å². The Bertz CT molecular complexity index is 1040. The number of hydrogen-bond donors (Lipinski definition) is 0. The van der Waals surface area contributed by atoms with Gasteiger partial charge >= 0.3 is 4.87 Å². The fourth-order valence-electron chi connectivity index (χ4n) is 2.75. The number of hydrogen-bond acceptors (Lipinski definition) is 4. The van der Waals surface area contributed by atoms with E-state index in [4.69, 9.17) is 0 Å². The minimum absolute atomic E-state index is 0.0518. The molecule has 0 unspecified atom stereocenters. The van der Waals surface area contributed by atoms with E-state index in [2.05, 4.69) is 0 Å². The van der Waals surface area contributed by atoms with Crippen LogP contribution in [0.1, 0.15) is 18.9 Å². The van der Waals surface area contributed by atoms with Crippen molar-refractivity contribution in [2.75, 3.05) is 7.05 Å². The molecule has 132 valence electrons. The lowest BCUT2D eigenvalue weighted by atomic mass is 10.2. The third-order valence-electron chi connectivity index (χ3n) is 4.04. The van der Waals surface area contributed by atoms with Crippen molar-refractivity contribution < 1.29 is 8.42 Å². The van der Waals surface area contributed by atoms with Gasteiger partial charge in [0.2, 0.25) is 10.0 Å². The summed E-state index contributed by atoms with van der Waals surface area (Å²) in [5, 5.41) is 0. The Morgan fingerprint density at radius 2 is 1.84 bits per heavy atom. The molecule has 0 aliphatic carbocycles. The molecule has 3 aromatic rings. The highest BCUT2D eigenvalue weighted by Gasteiger charge is 2.22. The molecule has 0 bridgehead atoms. The highest BCUT2D eigenvalue weighted by molar-refractivity contribution is 7.89. The van der Waals surface area contributed by atoms with Crippen LogP contribution in [0.25, 0.3) is 10.2 Å². The van der Waals surface area contributed by atoms with E-state index in [-0.39, 0.29) is 9.77 Å². The maximum absolute atomic E-state index is 12.8. The van der Waals surface area contributed by atoms with Crippen LogP contribution in [0.3, 0.4) is 0 Å². The summed E-state index contributed by atoms with van der Waals surface area (Å²) in [6.07, 6.45) is 0.853. The molecule has 7 heteroatoms. The normalized spacial score (nSPS) is 12.1. The molecular formula is C18H20N2O3S2. The number of aryl methyl sites for hydroxylation is 1. The molecule has 0 saturated carbocycles. The van der Waals surface area contributed by atoms with Gasteiger partial charge in [-0.05, 0) is 30.2 Å². The predicted molar refractivity (Wildman–Crippen MR) is 101 cm³/mol. The molecule has 0 saturated heterocycles. The zero-order valence-corrected chi connectivity index (χ0v) is 15.8. The van der Waals surface area contributed by atoms with E-state index >= 15 is 0 Å². The van der Waals surface area contributed by atoms with Crippen LogP contribution in [0.5, 0.6) is 0 Å². The highest BCUT2D eigenvalue weighted by Crippen LogP contribution is 2.24. The fraction of sp³-hybridized carbons (Fsp3) is 0.278. The molecule has 0 aliphatic heterocycles. The van der Waals surface area contributed by atoms with Crippen LogP contribution in [0, 0.1) is 0 Å². The Morgan fingerprint density at radius 1 is 1.12 bits per heavy atom. The Morgan fingerprint density at radius 3 is 2.52 bits per heavy atom. The van der Waals surface area contributed by atoms with Crippen molar-refractivity contribution in [3.8, 4) is 0 Å². The Labute approximate surface area is 151 Å². The maximum atomic E-state index is 12.8. The summed E-state index contributed by atoms with van der Waals surface area (Å²) in [5.74, 6) is 0. The van der Waals surface area contributed by atoms with Crippen molar-refractivity contribution in [1.82, 2.24) is 8.87 Å². The van der Waals surface area contributed by atoms with Gasteiger partial charge in [0.15, 0.2) is 0 Å². The summed E-state index contributed by atoms with van der Waals surface area (Å²) < 4.78 is 29.4. The van der Waals surface area contributed by atoms with Crippen LogP contribution in [-0.2, 0) is 23.1 Å². The van der Waals surface area contributed by atoms with Crippen LogP contribution in [0.4, 0.5) is 0 Å². The van der Waals surface area contributed by atoms with E-state index in [1.165, 1.54) is 4.31 Å². The van der Waals surface area contributed by atoms with Crippen LogP contribution < -0.4 is 4.87 Å². The molecule has 1 aromatic heterocycles. The molecule has 0 spiro atoms. The molecule has 0 atom stereocenters. The molecule has 25 heavy (non-hydrogen) atoms. The average molecular weight is 377 g/mol. The number of thiazole rings is 1. The molecule has 3 rings (SSSR count). The summed E-state index contributed by atoms with van der Waals surface area (Å²) in [6, 6.07) is 14.4. The topological polar surface area (TPSA) is 59.4 Å². The lowest BCUT2D eigenvalue weighted by Crippen LogP contribution is -2.26. The lowest BCUT2D eigenvalue weighted by molar-refractivity contribution is 0.467. The van der Waals surface area contributed by atoms with E-state index in [0.717, 1.165) is 28.8 Å². The molecule has 0 aliphatic rings. The second-order valence-corrected chi connectivity index (χ2v) is 8.93. The van der Waals surface area contributed by atoms with Gasteiger partial charge in [-0.1, -0.05) is 48.6 Å². The number of aromatic nitrogens is 1. The number of fused-ring (bicyclic) bond motifs is 1. The number of rotatable bonds is 6. The first-order chi connectivity index (χ1) is 11.9. The quantitative estimate of drug-likeness (QED) is 0.663.